The Hall–Kier alpha value is -3.83. The van der Waals surface area contributed by atoms with Crippen molar-refractivity contribution in [3.63, 3.8) is 0 Å². The van der Waals surface area contributed by atoms with Crippen LogP contribution in [0.25, 0.3) is 0 Å². The van der Waals surface area contributed by atoms with E-state index in [0.29, 0.717) is 58.0 Å². The number of nitrogens with zero attached hydrogens (tertiary/aromatic N) is 4. The van der Waals surface area contributed by atoms with Gasteiger partial charge in [0.25, 0.3) is 5.91 Å². The van der Waals surface area contributed by atoms with Gasteiger partial charge in [0.2, 0.25) is 0 Å². The minimum Gasteiger partial charge on any atom is -0.496 e. The first-order valence-electron chi connectivity index (χ1n) is 17.3. The lowest BCUT2D eigenvalue weighted by Gasteiger charge is -2.41. The summed E-state index contributed by atoms with van der Waals surface area (Å²) in [5.74, 6) is 0.701. The number of ether oxygens (including phenoxy) is 2. The maximum absolute atomic E-state index is 14.0. The average molecular weight is 647 g/mol. The number of carbonyl (C=O) groups is 3. The van der Waals surface area contributed by atoms with Crippen LogP contribution in [0.15, 0.2) is 36.4 Å². The molecule has 1 unspecified atom stereocenters. The monoisotopic (exact) mass is 646 g/mol. The molecule has 0 saturated carbocycles. The fourth-order valence-corrected chi connectivity index (χ4v) is 7.87. The number of aryl methyl sites for hydroxylation is 2. The molecule has 11 heteroatoms. The Balaban J connectivity index is 1.09. The summed E-state index contributed by atoms with van der Waals surface area (Å²) in [6, 6.07) is 12.4. The van der Waals surface area contributed by atoms with Crippen LogP contribution in [0.1, 0.15) is 47.9 Å². The molecular weight excluding hydrogens is 596 g/mol. The predicted octanol–water partition coefficient (Wildman–Crippen LogP) is 3.81. The summed E-state index contributed by atoms with van der Waals surface area (Å²) in [6.07, 6.45) is 2.88. The number of hydrogen-bond donors (Lipinski definition) is 2. The summed E-state index contributed by atoms with van der Waals surface area (Å²) in [5, 5.41) is 6.48. The topological polar surface area (TPSA) is 107 Å². The number of piperazine rings is 1. The number of nitrogens with one attached hydrogen (secondary N) is 2. The third-order valence-electron chi connectivity index (χ3n) is 10.4. The van der Waals surface area contributed by atoms with Gasteiger partial charge in [-0.2, -0.15) is 0 Å². The van der Waals surface area contributed by atoms with Crippen LogP contribution in [0, 0.1) is 13.8 Å². The lowest BCUT2D eigenvalue weighted by Crippen LogP contribution is -2.54. The first-order chi connectivity index (χ1) is 22.8. The Kier molecular flexibility index (Phi) is 10.5. The predicted molar refractivity (Wildman–Crippen MR) is 181 cm³/mol. The van der Waals surface area contributed by atoms with Gasteiger partial charge in [0, 0.05) is 83.1 Å². The SMILES string of the molecule is COc1c(C)cc(CC(OC(=O)N2CCC(N3CCc4ccccc4NC3=O)CC2)C(=O)N2CCC(N3CCNCC3)CC2)cc1C. The fourth-order valence-electron chi connectivity index (χ4n) is 7.87. The molecule has 3 saturated heterocycles. The molecule has 2 aromatic rings. The number of para-hydroxylation sites is 1. The molecular formula is C36H50N6O5. The van der Waals surface area contributed by atoms with Gasteiger partial charge in [0.15, 0.2) is 6.10 Å². The molecule has 4 heterocycles. The molecule has 4 aliphatic rings. The Labute approximate surface area is 278 Å². The fraction of sp³-hybridized carbons (Fsp3) is 0.583. The van der Waals surface area contributed by atoms with Crippen molar-refractivity contribution in [2.45, 2.75) is 70.6 Å². The summed E-state index contributed by atoms with van der Waals surface area (Å²) in [4.78, 5) is 48.8. The van der Waals surface area contributed by atoms with Gasteiger partial charge in [-0.15, -0.1) is 0 Å². The van der Waals surface area contributed by atoms with Crippen molar-refractivity contribution in [3.05, 3.63) is 58.7 Å². The van der Waals surface area contributed by atoms with Crippen LogP contribution in [0.3, 0.4) is 0 Å². The van der Waals surface area contributed by atoms with Gasteiger partial charge in [-0.1, -0.05) is 30.3 Å². The highest BCUT2D eigenvalue weighted by atomic mass is 16.6. The van der Waals surface area contributed by atoms with Gasteiger partial charge in [-0.05, 0) is 74.3 Å². The van der Waals surface area contributed by atoms with Crippen LogP contribution in [-0.4, -0.2) is 122 Å². The summed E-state index contributed by atoms with van der Waals surface area (Å²) in [5.41, 5.74) is 4.91. The maximum atomic E-state index is 14.0. The van der Waals surface area contributed by atoms with Crippen LogP contribution in [-0.2, 0) is 22.4 Å². The first kappa shape index (κ1) is 33.1. The Morgan fingerprint density at radius 2 is 1.51 bits per heavy atom. The normalized spacial score (nSPS) is 20.7. The molecule has 2 N–H and O–H groups in total. The van der Waals surface area contributed by atoms with E-state index in [1.165, 1.54) is 0 Å². The van der Waals surface area contributed by atoms with Crippen molar-refractivity contribution in [3.8, 4) is 5.75 Å². The largest absolute Gasteiger partial charge is 0.496 e. The minimum atomic E-state index is -0.918. The van der Waals surface area contributed by atoms with Gasteiger partial charge in [-0.3, -0.25) is 9.69 Å². The average Bonchev–Trinajstić information content (AvgIpc) is 3.26. The maximum Gasteiger partial charge on any atom is 0.410 e. The third kappa shape index (κ3) is 7.67. The van der Waals surface area contributed by atoms with E-state index in [-0.39, 0.29) is 18.0 Å². The molecule has 11 nitrogen and oxygen atoms in total. The van der Waals surface area contributed by atoms with Crippen LogP contribution >= 0.6 is 0 Å². The van der Waals surface area contributed by atoms with Crippen molar-refractivity contribution in [2.24, 2.45) is 0 Å². The number of likely N-dealkylation sites (tertiary alicyclic amines) is 2. The van der Waals surface area contributed by atoms with Gasteiger partial charge >= 0.3 is 12.1 Å². The van der Waals surface area contributed by atoms with E-state index in [1.54, 1.807) is 12.0 Å². The van der Waals surface area contributed by atoms with Gasteiger partial charge in [-0.25, -0.2) is 9.59 Å². The van der Waals surface area contributed by atoms with Crippen LogP contribution in [0.5, 0.6) is 5.75 Å². The van der Waals surface area contributed by atoms with Crippen molar-refractivity contribution in [1.29, 1.82) is 0 Å². The van der Waals surface area contributed by atoms with Crippen molar-refractivity contribution >= 4 is 23.7 Å². The minimum absolute atomic E-state index is 0.0352. The highest BCUT2D eigenvalue weighted by Gasteiger charge is 2.36. The lowest BCUT2D eigenvalue weighted by molar-refractivity contribution is -0.142. The number of urea groups is 1. The van der Waals surface area contributed by atoms with Crippen molar-refractivity contribution in [2.75, 3.05) is 71.3 Å². The number of carbonyl (C=O) groups excluding carboxylic acids is 3. The molecule has 2 aromatic carbocycles. The molecule has 0 aliphatic carbocycles. The summed E-state index contributed by atoms with van der Waals surface area (Å²) in [6.45, 7) is 11.0. The standard InChI is InChI=1S/C36H50N6O5/c1-25-22-27(23-26(2)33(25)46-3)24-32(34(43)40-15-9-29(10-16-40)39-20-13-37-14-21-39)47-36(45)41-17-11-30(12-18-41)42-19-8-28-6-4-5-7-31(28)38-35(42)44/h4-7,22-23,29-30,32,37H,8-21,24H2,1-3H3,(H,38,44). The number of rotatable bonds is 7. The number of methoxy groups -OCH3 is 1. The Bertz CT molecular complexity index is 1410. The molecule has 4 amide bonds. The first-order valence-corrected chi connectivity index (χ1v) is 17.3. The molecule has 47 heavy (non-hydrogen) atoms. The highest BCUT2D eigenvalue weighted by Crippen LogP contribution is 2.28. The van der Waals surface area contributed by atoms with Gasteiger partial charge in [0.05, 0.1) is 7.11 Å². The van der Waals surface area contributed by atoms with E-state index in [0.717, 1.165) is 79.1 Å². The second-order valence-corrected chi connectivity index (χ2v) is 13.4. The lowest BCUT2D eigenvalue weighted by atomic mass is 9.98. The molecule has 0 spiro atoms. The summed E-state index contributed by atoms with van der Waals surface area (Å²) in [7, 11) is 1.66. The van der Waals surface area contributed by atoms with E-state index in [4.69, 9.17) is 9.47 Å². The third-order valence-corrected chi connectivity index (χ3v) is 10.4. The zero-order chi connectivity index (χ0) is 32.9. The quantitative estimate of drug-likeness (QED) is 0.472. The van der Waals surface area contributed by atoms with E-state index in [2.05, 4.69) is 21.6 Å². The molecule has 0 aromatic heterocycles. The zero-order valence-corrected chi connectivity index (χ0v) is 28.1. The summed E-state index contributed by atoms with van der Waals surface area (Å²) < 4.78 is 11.7. The van der Waals surface area contributed by atoms with Gasteiger partial charge < -0.3 is 34.8 Å². The van der Waals surface area contributed by atoms with Crippen molar-refractivity contribution in [1.82, 2.24) is 24.9 Å². The number of hydrogen-bond acceptors (Lipinski definition) is 7. The van der Waals surface area contributed by atoms with E-state index in [1.807, 2.05) is 54.0 Å². The molecule has 1 atom stereocenters. The number of amides is 4. The summed E-state index contributed by atoms with van der Waals surface area (Å²) >= 11 is 0. The smallest absolute Gasteiger partial charge is 0.410 e. The zero-order valence-electron chi connectivity index (χ0n) is 28.1. The van der Waals surface area contributed by atoms with Crippen LogP contribution < -0.4 is 15.4 Å². The Morgan fingerprint density at radius 3 is 2.19 bits per heavy atom. The molecule has 4 aliphatic heterocycles. The van der Waals surface area contributed by atoms with E-state index >= 15 is 0 Å². The number of benzene rings is 2. The Morgan fingerprint density at radius 1 is 0.872 bits per heavy atom. The van der Waals surface area contributed by atoms with E-state index in [9.17, 15) is 14.4 Å². The second kappa shape index (κ2) is 14.9. The molecule has 0 bridgehead atoms. The van der Waals surface area contributed by atoms with Crippen LogP contribution in [0.2, 0.25) is 0 Å². The van der Waals surface area contributed by atoms with Crippen molar-refractivity contribution < 1.29 is 23.9 Å². The van der Waals surface area contributed by atoms with Gasteiger partial charge in [0.1, 0.15) is 5.75 Å². The molecule has 254 valence electrons. The molecule has 3 fully saturated rings. The van der Waals surface area contributed by atoms with Crippen LogP contribution in [0.4, 0.5) is 15.3 Å². The molecule has 6 rings (SSSR count). The van der Waals surface area contributed by atoms with E-state index < -0.39 is 12.2 Å². The highest BCUT2D eigenvalue weighted by molar-refractivity contribution is 5.91. The number of fused-ring (bicyclic) bond motifs is 1. The number of anilines is 1. The molecule has 0 radical (unpaired) electrons. The second-order valence-electron chi connectivity index (χ2n) is 13.4. The number of piperidine rings is 2.